The lowest BCUT2D eigenvalue weighted by Crippen LogP contribution is -1.94. The molecule has 1 nitrogen and oxygen atoms in total. The zero-order valence-corrected chi connectivity index (χ0v) is 22.5. The fraction of sp³-hybridized carbons (Fsp3) is 0. The van der Waals surface area contributed by atoms with E-state index in [1.165, 1.54) is 81.1 Å². The summed E-state index contributed by atoms with van der Waals surface area (Å²) in [7, 11) is 0. The highest BCUT2D eigenvalue weighted by atomic mass is 32.2. The maximum absolute atomic E-state index is 2.42. The van der Waals surface area contributed by atoms with E-state index in [0.29, 0.717) is 0 Å². The van der Waals surface area contributed by atoms with E-state index in [1.807, 2.05) is 11.8 Å². The molecule has 2 heterocycles. The molecule has 0 saturated carbocycles. The van der Waals surface area contributed by atoms with Crippen LogP contribution in [-0.2, 0) is 0 Å². The quantitative estimate of drug-likeness (QED) is 0.217. The van der Waals surface area contributed by atoms with Gasteiger partial charge in [0.25, 0.3) is 0 Å². The molecule has 0 bridgehead atoms. The van der Waals surface area contributed by atoms with Gasteiger partial charge in [-0.1, -0.05) is 109 Å². The van der Waals surface area contributed by atoms with E-state index in [1.54, 1.807) is 0 Å². The molecule has 0 saturated heterocycles. The van der Waals surface area contributed by atoms with Gasteiger partial charge in [-0.2, -0.15) is 0 Å². The Balaban J connectivity index is 1.39. The van der Waals surface area contributed by atoms with Crippen molar-refractivity contribution in [2.75, 3.05) is 0 Å². The molecule has 0 atom stereocenters. The molecule has 186 valence electrons. The monoisotopic (exact) mass is 525 g/mol. The Kier molecular flexibility index (Phi) is 4.61. The molecule has 2 heteroatoms. The van der Waals surface area contributed by atoms with Crippen LogP contribution in [0.15, 0.2) is 149 Å². The predicted molar refractivity (Wildman–Crippen MR) is 171 cm³/mol. The molecule has 0 fully saturated rings. The van der Waals surface area contributed by atoms with Crippen LogP contribution in [0.2, 0.25) is 0 Å². The van der Waals surface area contributed by atoms with E-state index >= 15 is 0 Å². The van der Waals surface area contributed by atoms with E-state index in [0.717, 1.165) is 0 Å². The molecule has 7 aromatic carbocycles. The van der Waals surface area contributed by atoms with E-state index in [4.69, 9.17) is 0 Å². The van der Waals surface area contributed by atoms with E-state index < -0.39 is 0 Å². The van der Waals surface area contributed by atoms with Gasteiger partial charge >= 0.3 is 0 Å². The zero-order valence-electron chi connectivity index (χ0n) is 21.6. The molecule has 0 N–H and O–H groups in total. The lowest BCUT2D eigenvalue weighted by Gasteiger charge is -2.21. The van der Waals surface area contributed by atoms with Crippen LogP contribution in [0.1, 0.15) is 0 Å². The highest BCUT2D eigenvalue weighted by molar-refractivity contribution is 7.99. The first-order valence-electron chi connectivity index (χ1n) is 13.7. The molecule has 1 aromatic heterocycles. The number of hydrogen-bond donors (Lipinski definition) is 0. The van der Waals surface area contributed by atoms with Gasteiger partial charge in [0, 0.05) is 31.6 Å². The third kappa shape index (κ3) is 3.05. The Morgan fingerprint density at radius 1 is 0.425 bits per heavy atom. The van der Waals surface area contributed by atoms with Gasteiger partial charge in [0.15, 0.2) is 0 Å². The smallest absolute Gasteiger partial charge is 0.0547 e. The highest BCUT2D eigenvalue weighted by Gasteiger charge is 2.22. The van der Waals surface area contributed by atoms with Crippen molar-refractivity contribution in [2.24, 2.45) is 0 Å². The zero-order chi connectivity index (χ0) is 26.2. The summed E-state index contributed by atoms with van der Waals surface area (Å²) in [6.45, 7) is 0. The van der Waals surface area contributed by atoms with Crippen LogP contribution in [-0.4, -0.2) is 4.57 Å². The lowest BCUT2D eigenvalue weighted by atomic mass is 9.92. The van der Waals surface area contributed by atoms with Gasteiger partial charge in [0.2, 0.25) is 0 Å². The lowest BCUT2D eigenvalue weighted by molar-refractivity contribution is 1.18. The number of rotatable bonds is 2. The van der Waals surface area contributed by atoms with Gasteiger partial charge < -0.3 is 4.57 Å². The second-order valence-corrected chi connectivity index (χ2v) is 11.6. The first-order chi connectivity index (χ1) is 19.8. The van der Waals surface area contributed by atoms with E-state index in [9.17, 15) is 0 Å². The van der Waals surface area contributed by atoms with Crippen LogP contribution < -0.4 is 0 Å². The topological polar surface area (TPSA) is 4.93 Å². The van der Waals surface area contributed by atoms with Crippen molar-refractivity contribution in [2.45, 2.75) is 9.79 Å². The van der Waals surface area contributed by atoms with Crippen molar-refractivity contribution in [1.29, 1.82) is 0 Å². The molecule has 40 heavy (non-hydrogen) atoms. The summed E-state index contributed by atoms with van der Waals surface area (Å²) >= 11 is 1.88. The van der Waals surface area contributed by atoms with Gasteiger partial charge in [-0.05, 0) is 80.9 Å². The second kappa shape index (κ2) is 8.35. The molecule has 0 radical (unpaired) electrons. The Labute approximate surface area is 236 Å². The summed E-state index contributed by atoms with van der Waals surface area (Å²) in [5, 5.41) is 7.84. The first kappa shape index (κ1) is 22.1. The molecule has 0 unspecified atom stereocenters. The second-order valence-electron chi connectivity index (χ2n) is 10.5. The van der Waals surface area contributed by atoms with Crippen molar-refractivity contribution >= 4 is 55.1 Å². The SMILES string of the molecule is c1ccc(-n2c3cccc(-c4ccc5c(c4)-c4cccc6cccc(c46)S5)c3c3c4ccccc4ccc32)cc1. The van der Waals surface area contributed by atoms with Crippen LogP contribution in [0.5, 0.6) is 0 Å². The van der Waals surface area contributed by atoms with Crippen LogP contribution >= 0.6 is 11.8 Å². The van der Waals surface area contributed by atoms with Crippen LogP contribution in [0.4, 0.5) is 0 Å². The molecule has 1 aliphatic rings. The van der Waals surface area contributed by atoms with E-state index in [2.05, 4.69) is 144 Å². The molecular formula is C38H23NS. The summed E-state index contributed by atoms with van der Waals surface area (Å²) in [4.78, 5) is 2.66. The average molecular weight is 526 g/mol. The highest BCUT2D eigenvalue weighted by Crippen LogP contribution is 2.49. The number of nitrogens with zero attached hydrogens (tertiary/aromatic N) is 1. The summed E-state index contributed by atoms with van der Waals surface area (Å²) in [6.07, 6.45) is 0. The minimum Gasteiger partial charge on any atom is -0.309 e. The Morgan fingerprint density at radius 2 is 1.18 bits per heavy atom. The fourth-order valence-corrected chi connectivity index (χ4v) is 7.78. The van der Waals surface area contributed by atoms with Crippen molar-refractivity contribution in [1.82, 2.24) is 4.57 Å². The first-order valence-corrected chi connectivity index (χ1v) is 14.5. The standard InChI is InChI=1S/C38H23NS/c1-2-12-27(13-3-1)39-32-17-8-15-29(38(32)37-28-14-5-4-9-24(28)19-21-33(37)39)26-20-22-34-31(23-26)30-16-6-10-25-11-7-18-35(40-34)36(25)30/h1-23H. The fourth-order valence-electron chi connectivity index (χ4n) is 6.66. The van der Waals surface area contributed by atoms with Gasteiger partial charge in [-0.15, -0.1) is 0 Å². The van der Waals surface area contributed by atoms with Gasteiger partial charge in [-0.3, -0.25) is 0 Å². The number of fused-ring (bicyclic) bond motifs is 7. The largest absolute Gasteiger partial charge is 0.309 e. The third-order valence-electron chi connectivity index (χ3n) is 8.36. The van der Waals surface area contributed by atoms with Gasteiger partial charge in [0.1, 0.15) is 0 Å². The van der Waals surface area contributed by atoms with Crippen LogP contribution in [0.25, 0.3) is 71.3 Å². The molecule has 1 aliphatic heterocycles. The summed E-state index contributed by atoms with van der Waals surface area (Å²) in [6, 6.07) is 51.2. The van der Waals surface area contributed by atoms with Crippen molar-refractivity contribution in [3.05, 3.63) is 140 Å². The normalized spacial score (nSPS) is 12.4. The maximum atomic E-state index is 2.42. The molecule has 0 aliphatic carbocycles. The minimum atomic E-state index is 1.18. The summed E-state index contributed by atoms with van der Waals surface area (Å²) in [5.41, 5.74) is 8.82. The number of hydrogen-bond acceptors (Lipinski definition) is 1. The minimum absolute atomic E-state index is 1.18. The number of aromatic nitrogens is 1. The van der Waals surface area contributed by atoms with E-state index in [-0.39, 0.29) is 0 Å². The van der Waals surface area contributed by atoms with Gasteiger partial charge in [0.05, 0.1) is 11.0 Å². The molecule has 0 spiro atoms. The Bertz CT molecular complexity index is 2290. The molecule has 0 amide bonds. The Hall–Kier alpha value is -4.79. The maximum Gasteiger partial charge on any atom is 0.0547 e. The van der Waals surface area contributed by atoms with Crippen molar-refractivity contribution in [3.8, 4) is 27.9 Å². The Morgan fingerprint density at radius 3 is 2.10 bits per heavy atom. The summed E-state index contributed by atoms with van der Waals surface area (Å²) < 4.78 is 2.42. The molecule has 9 rings (SSSR count). The molecular weight excluding hydrogens is 502 g/mol. The van der Waals surface area contributed by atoms with Crippen molar-refractivity contribution < 1.29 is 0 Å². The molecule has 8 aromatic rings. The third-order valence-corrected chi connectivity index (χ3v) is 9.50. The average Bonchev–Trinajstić information content (AvgIpc) is 3.37. The summed E-state index contributed by atoms with van der Waals surface area (Å²) in [5.74, 6) is 0. The predicted octanol–water partition coefficient (Wildman–Crippen LogP) is 10.9. The number of para-hydroxylation sites is 1. The van der Waals surface area contributed by atoms with Crippen molar-refractivity contribution in [3.63, 3.8) is 0 Å². The van der Waals surface area contributed by atoms with Crippen LogP contribution in [0.3, 0.4) is 0 Å². The number of benzene rings is 7. The van der Waals surface area contributed by atoms with Gasteiger partial charge in [-0.25, -0.2) is 0 Å². The van der Waals surface area contributed by atoms with Crippen LogP contribution in [0, 0.1) is 0 Å².